The van der Waals surface area contributed by atoms with Gasteiger partial charge in [0.25, 0.3) is 0 Å². The fourth-order valence-electron chi connectivity index (χ4n) is 1.70. The van der Waals surface area contributed by atoms with Gasteiger partial charge < -0.3 is 10.1 Å². The van der Waals surface area contributed by atoms with Crippen LogP contribution in [0.5, 0.6) is 0 Å². The number of nitrogens with one attached hydrogen (secondary N) is 1. The van der Waals surface area contributed by atoms with Gasteiger partial charge in [-0.15, -0.1) is 0 Å². The number of carbonyl (C=O) groups is 1. The van der Waals surface area contributed by atoms with Gasteiger partial charge in [-0.05, 0) is 19.3 Å². The van der Waals surface area contributed by atoms with Gasteiger partial charge in [-0.2, -0.15) is 5.26 Å². The third-order valence-electron chi connectivity index (χ3n) is 2.79. The van der Waals surface area contributed by atoms with Gasteiger partial charge in [0.2, 0.25) is 5.91 Å². The lowest BCUT2D eigenvalue weighted by Gasteiger charge is -2.19. The molecule has 1 aliphatic heterocycles. The zero-order valence-corrected chi connectivity index (χ0v) is 9.49. The van der Waals surface area contributed by atoms with Crippen molar-refractivity contribution in [1.82, 2.24) is 5.32 Å². The van der Waals surface area contributed by atoms with Crippen molar-refractivity contribution < 1.29 is 9.53 Å². The number of hydrogen-bond donors (Lipinski definition) is 1. The molecule has 0 spiro atoms. The van der Waals surface area contributed by atoms with E-state index in [1.54, 1.807) is 0 Å². The van der Waals surface area contributed by atoms with E-state index < -0.39 is 5.92 Å². The summed E-state index contributed by atoms with van der Waals surface area (Å²) in [7, 11) is 0. The molecule has 4 heteroatoms. The quantitative estimate of drug-likeness (QED) is 0.758. The maximum absolute atomic E-state index is 11.7. The molecule has 1 fully saturated rings. The van der Waals surface area contributed by atoms with Crippen molar-refractivity contribution in [3.63, 3.8) is 0 Å². The smallest absolute Gasteiger partial charge is 0.237 e. The summed E-state index contributed by atoms with van der Waals surface area (Å²) in [6.07, 6.45) is 0.892. The molecule has 4 nitrogen and oxygen atoms in total. The first-order valence-corrected chi connectivity index (χ1v) is 5.38. The average Bonchev–Trinajstić information content (AvgIpc) is 2.52. The standard InChI is InChI=1S/C11H18N2O2/c1-7(2)9(6-12)11(14)13-10-4-5-15-8(10)3/h7-10H,4-5H2,1-3H3,(H,13,14). The third-order valence-corrected chi connectivity index (χ3v) is 2.79. The average molecular weight is 210 g/mol. The first kappa shape index (κ1) is 12.0. The highest BCUT2D eigenvalue weighted by molar-refractivity contribution is 5.81. The van der Waals surface area contributed by atoms with Crippen LogP contribution >= 0.6 is 0 Å². The molecule has 15 heavy (non-hydrogen) atoms. The van der Waals surface area contributed by atoms with Gasteiger partial charge in [-0.3, -0.25) is 4.79 Å². The summed E-state index contributed by atoms with van der Waals surface area (Å²) in [5.41, 5.74) is 0. The van der Waals surface area contributed by atoms with Crippen LogP contribution in [-0.2, 0) is 9.53 Å². The van der Waals surface area contributed by atoms with Crippen molar-refractivity contribution in [2.75, 3.05) is 6.61 Å². The Hall–Kier alpha value is -1.08. The zero-order chi connectivity index (χ0) is 11.4. The molecular formula is C11H18N2O2. The molecule has 1 aliphatic rings. The summed E-state index contributed by atoms with van der Waals surface area (Å²) in [6.45, 7) is 6.38. The second kappa shape index (κ2) is 5.13. The zero-order valence-electron chi connectivity index (χ0n) is 9.49. The molecular weight excluding hydrogens is 192 g/mol. The number of rotatable bonds is 3. The van der Waals surface area contributed by atoms with E-state index in [9.17, 15) is 4.79 Å². The summed E-state index contributed by atoms with van der Waals surface area (Å²) in [6, 6.07) is 2.10. The highest BCUT2D eigenvalue weighted by atomic mass is 16.5. The minimum Gasteiger partial charge on any atom is -0.376 e. The molecule has 84 valence electrons. The van der Waals surface area contributed by atoms with Crippen molar-refractivity contribution in [2.45, 2.75) is 39.3 Å². The van der Waals surface area contributed by atoms with Crippen molar-refractivity contribution in [2.24, 2.45) is 11.8 Å². The molecule has 1 saturated heterocycles. The third kappa shape index (κ3) is 2.93. The normalized spacial score (nSPS) is 27.4. The molecule has 0 bridgehead atoms. The second-order valence-electron chi connectivity index (χ2n) is 4.33. The van der Waals surface area contributed by atoms with Crippen LogP contribution in [-0.4, -0.2) is 24.7 Å². The summed E-state index contributed by atoms with van der Waals surface area (Å²) >= 11 is 0. The minimum absolute atomic E-state index is 0.0487. The molecule has 1 amide bonds. The number of hydrogen-bond acceptors (Lipinski definition) is 3. The van der Waals surface area contributed by atoms with Crippen molar-refractivity contribution in [3.05, 3.63) is 0 Å². The fraction of sp³-hybridized carbons (Fsp3) is 0.818. The summed E-state index contributed by atoms with van der Waals surface area (Å²) in [5.74, 6) is -0.680. The van der Waals surface area contributed by atoms with E-state index >= 15 is 0 Å². The first-order valence-electron chi connectivity index (χ1n) is 5.38. The van der Waals surface area contributed by atoms with E-state index in [0.717, 1.165) is 6.42 Å². The summed E-state index contributed by atoms with van der Waals surface area (Å²) in [5, 5.41) is 11.7. The lowest BCUT2D eigenvalue weighted by Crippen LogP contribution is -2.43. The van der Waals surface area contributed by atoms with Gasteiger partial charge in [-0.25, -0.2) is 0 Å². The van der Waals surface area contributed by atoms with Crippen molar-refractivity contribution in [1.29, 1.82) is 5.26 Å². The Kier molecular flexibility index (Phi) is 4.10. The van der Waals surface area contributed by atoms with E-state index in [1.807, 2.05) is 26.8 Å². The lowest BCUT2D eigenvalue weighted by atomic mass is 9.96. The van der Waals surface area contributed by atoms with Crippen LogP contribution < -0.4 is 5.32 Å². The Morgan fingerprint density at radius 3 is 2.67 bits per heavy atom. The van der Waals surface area contributed by atoms with Gasteiger partial charge >= 0.3 is 0 Å². The van der Waals surface area contributed by atoms with E-state index in [4.69, 9.17) is 10.00 Å². The highest BCUT2D eigenvalue weighted by Crippen LogP contribution is 2.15. The van der Waals surface area contributed by atoms with Crippen LogP contribution in [0.25, 0.3) is 0 Å². The topological polar surface area (TPSA) is 62.1 Å². The molecule has 0 aromatic rings. The van der Waals surface area contributed by atoms with Crippen LogP contribution in [0.2, 0.25) is 0 Å². The highest BCUT2D eigenvalue weighted by Gasteiger charge is 2.29. The summed E-state index contributed by atoms with van der Waals surface area (Å²) < 4.78 is 5.34. The Morgan fingerprint density at radius 1 is 1.60 bits per heavy atom. The minimum atomic E-state index is -0.558. The van der Waals surface area contributed by atoms with Crippen LogP contribution in [0.3, 0.4) is 0 Å². The maximum atomic E-state index is 11.7. The summed E-state index contributed by atoms with van der Waals surface area (Å²) in [4.78, 5) is 11.7. The number of nitriles is 1. The Morgan fingerprint density at radius 2 is 2.27 bits per heavy atom. The van der Waals surface area contributed by atoms with Gasteiger partial charge in [0.1, 0.15) is 5.92 Å². The van der Waals surface area contributed by atoms with E-state index in [1.165, 1.54) is 0 Å². The van der Waals surface area contributed by atoms with Crippen molar-refractivity contribution in [3.8, 4) is 6.07 Å². The van der Waals surface area contributed by atoms with Crippen LogP contribution in [0.4, 0.5) is 0 Å². The first-order chi connectivity index (χ1) is 7.06. The van der Waals surface area contributed by atoms with E-state index in [-0.39, 0.29) is 24.0 Å². The van der Waals surface area contributed by atoms with Crippen LogP contribution in [0.15, 0.2) is 0 Å². The van der Waals surface area contributed by atoms with Gasteiger partial charge in [0.05, 0.1) is 18.2 Å². The molecule has 0 aromatic heterocycles. The molecule has 1 rings (SSSR count). The number of amides is 1. The van der Waals surface area contributed by atoms with Crippen LogP contribution in [0.1, 0.15) is 27.2 Å². The SMILES string of the molecule is CC(C)C(C#N)C(=O)NC1CCOC1C. The molecule has 1 N–H and O–H groups in total. The number of carbonyl (C=O) groups excluding carboxylic acids is 1. The maximum Gasteiger partial charge on any atom is 0.237 e. The molecule has 0 saturated carbocycles. The molecule has 0 radical (unpaired) electrons. The van der Waals surface area contributed by atoms with Crippen molar-refractivity contribution >= 4 is 5.91 Å². The predicted molar refractivity (Wildman–Crippen MR) is 55.9 cm³/mol. The van der Waals surface area contributed by atoms with Gasteiger partial charge in [-0.1, -0.05) is 13.8 Å². The Bertz CT molecular complexity index is 270. The molecule has 3 atom stereocenters. The molecule has 0 aromatic carbocycles. The second-order valence-corrected chi connectivity index (χ2v) is 4.33. The Balaban J connectivity index is 2.51. The van der Waals surface area contributed by atoms with Crippen LogP contribution in [0, 0.1) is 23.2 Å². The number of nitrogens with zero attached hydrogens (tertiary/aromatic N) is 1. The largest absolute Gasteiger partial charge is 0.376 e. The predicted octanol–water partition coefficient (Wildman–Crippen LogP) is 1.08. The molecule has 3 unspecified atom stereocenters. The Labute approximate surface area is 90.6 Å². The lowest BCUT2D eigenvalue weighted by molar-refractivity contribution is -0.125. The molecule has 1 heterocycles. The number of ether oxygens (including phenoxy) is 1. The molecule has 0 aliphatic carbocycles. The fourth-order valence-corrected chi connectivity index (χ4v) is 1.70. The monoisotopic (exact) mass is 210 g/mol. The van der Waals surface area contributed by atoms with Gasteiger partial charge in [0.15, 0.2) is 0 Å². The van der Waals surface area contributed by atoms with E-state index in [2.05, 4.69) is 5.32 Å². The van der Waals surface area contributed by atoms with E-state index in [0.29, 0.717) is 6.61 Å². The van der Waals surface area contributed by atoms with Gasteiger partial charge in [0, 0.05) is 6.61 Å².